The topological polar surface area (TPSA) is 313 Å². The Morgan fingerprint density at radius 1 is 0.327 bits per heavy atom. The number of sulfonamides is 2. The number of aryl methyl sites for hydroxylation is 2. The van der Waals surface area contributed by atoms with Crippen molar-refractivity contribution < 1.29 is 49.7 Å². The predicted octanol–water partition coefficient (Wildman–Crippen LogP) is 13.6. The molecule has 5 heterocycles. The molecule has 0 atom stereocenters. The zero-order valence-electron chi connectivity index (χ0n) is 59.5. The first-order valence-electron chi connectivity index (χ1n) is 34.4. The van der Waals surface area contributed by atoms with Crippen molar-refractivity contribution in [3.8, 4) is 5.69 Å². The van der Waals surface area contributed by atoms with Gasteiger partial charge in [-0.3, -0.25) is 19.0 Å². The molecule has 23 nitrogen and oxygen atoms in total. The number of aromatic nitrogens is 10. The summed E-state index contributed by atoms with van der Waals surface area (Å²) in [5.74, 6) is -0.352. The lowest BCUT2D eigenvalue weighted by atomic mass is 10.1. The third-order valence-electron chi connectivity index (χ3n) is 17.0. The van der Waals surface area contributed by atoms with Gasteiger partial charge < -0.3 is 26.0 Å². The van der Waals surface area contributed by atoms with Crippen molar-refractivity contribution in [2.24, 2.45) is 0 Å². The maximum absolute atomic E-state index is 12.3. The van der Waals surface area contributed by atoms with Crippen LogP contribution in [0.4, 0.5) is 28.4 Å². The summed E-state index contributed by atoms with van der Waals surface area (Å²) in [5.41, 5.74) is 26.5. The van der Waals surface area contributed by atoms with Crippen molar-refractivity contribution in [1.82, 2.24) is 34.9 Å². The molecular formula is C82H76N15O8S2+3. The van der Waals surface area contributed by atoms with E-state index >= 15 is 0 Å². The summed E-state index contributed by atoms with van der Waals surface area (Å²) in [6.07, 6.45) is 3.09. The third-order valence-corrected chi connectivity index (χ3v) is 18.2. The monoisotopic (exact) mass is 1460 g/mol. The van der Waals surface area contributed by atoms with Crippen LogP contribution in [0.5, 0.6) is 0 Å². The smallest absolute Gasteiger partial charge is 0.239 e. The Labute approximate surface area is 616 Å². The number of carbonyl (C=O) groups excluding carboxylic acids is 4. The normalized spacial score (nSPS) is 11.3. The molecule has 5 aromatic heterocycles. The van der Waals surface area contributed by atoms with Crippen LogP contribution in [-0.4, -0.2) is 87.6 Å². The molecule has 2 amide bonds. The van der Waals surface area contributed by atoms with Crippen LogP contribution in [0.1, 0.15) is 53.4 Å². The quantitative estimate of drug-likeness (QED) is 0.0362. The van der Waals surface area contributed by atoms with E-state index in [1.807, 2.05) is 224 Å². The molecule has 16 rings (SSSR count). The van der Waals surface area contributed by atoms with Crippen LogP contribution in [0.3, 0.4) is 0 Å². The van der Waals surface area contributed by atoms with Crippen molar-refractivity contribution in [2.75, 3.05) is 38.3 Å². The van der Waals surface area contributed by atoms with Gasteiger partial charge in [0.1, 0.15) is 52.2 Å². The second-order valence-corrected chi connectivity index (χ2v) is 28.5. The molecule has 0 saturated carbocycles. The second-order valence-electron chi connectivity index (χ2n) is 25.0. The van der Waals surface area contributed by atoms with Crippen molar-refractivity contribution in [3.05, 3.63) is 243 Å². The van der Waals surface area contributed by atoms with Gasteiger partial charge in [-0.15, -0.1) is 4.57 Å². The molecule has 11 aromatic carbocycles. The zero-order chi connectivity index (χ0) is 75.4. The van der Waals surface area contributed by atoms with Gasteiger partial charge in [-0.2, -0.15) is 9.13 Å². The van der Waals surface area contributed by atoms with Crippen molar-refractivity contribution in [2.45, 2.75) is 66.5 Å². The Hall–Kier alpha value is -13.0. The van der Waals surface area contributed by atoms with Crippen LogP contribution >= 0.6 is 0 Å². The van der Waals surface area contributed by atoms with E-state index in [1.165, 1.54) is 13.8 Å². The summed E-state index contributed by atoms with van der Waals surface area (Å²) in [7, 11) is -6.68. The summed E-state index contributed by atoms with van der Waals surface area (Å²) < 4.78 is 57.2. The second kappa shape index (κ2) is 32.8. The molecule has 0 aliphatic rings. The highest BCUT2D eigenvalue weighted by atomic mass is 32.2. The fourth-order valence-electron chi connectivity index (χ4n) is 12.2. The fraction of sp³-hybridized carbons (Fsp3) is 0.146. The number of anilines is 5. The standard InChI is InChI=1S/C23H19N3O2.C19H19N3O2.C15H15N3O2S.C13H11N3O2S.C12H9N3/c1-16(27)14-15-22(28)24-19-11-7-13-21-23(19)25-18-10-5-6-12-20(18)26(21)17-8-3-2-4-9-17;1-3-22-16-9-5-4-7-14(16)21-19-15(8-6-10-17(19)22)20-18(24)12-11-13(2)23;1-3-18-13-9-5-4-7-11(13)16-15-12(17-21(2,19)20)8-6-10-14(15)18;1-19(17,18)16-12-8-4-7-11-13(12)15-10-6-3-2-5-9(10)14-11;13-8-4-3-7-11-12(8)15-10-6-2-1-5-9(10)14-11/h2-13H,14-15H2,1H3;4-10H,3,11-12H2,1-2H3;4-10H,3H2,1-2H3;2-8,16H,1H3;1-7H,13H2/p+3. The minimum atomic E-state index is -3.34. The Morgan fingerprint density at radius 3 is 1.10 bits per heavy atom. The molecule has 0 unspecified atom stereocenters. The van der Waals surface area contributed by atoms with Gasteiger partial charge >= 0.3 is 0 Å². The average molecular weight is 1460 g/mol. The molecule has 0 fully saturated rings. The molecule has 6 N–H and O–H groups in total. The average Bonchev–Trinajstić information content (AvgIpc) is 0.767. The highest BCUT2D eigenvalue weighted by molar-refractivity contribution is 7.92. The van der Waals surface area contributed by atoms with Crippen LogP contribution in [0.2, 0.25) is 0 Å². The number of nitrogens with zero attached hydrogens (tertiary/aromatic N) is 10. The number of Topliss-reactive ketones (excluding diaryl/α,β-unsaturated/α-hetero) is 2. The van der Waals surface area contributed by atoms with Gasteiger partial charge in [-0.05, 0) is 113 Å². The number of hydrogen-bond donors (Lipinski definition) is 5. The summed E-state index contributed by atoms with van der Waals surface area (Å²) in [6, 6.07) is 77.0. The first-order chi connectivity index (χ1) is 51.6. The summed E-state index contributed by atoms with van der Waals surface area (Å²) in [4.78, 5) is 78.7. The first kappa shape index (κ1) is 73.7. The number of ketones is 2. The number of benzene rings is 11. The molecule has 107 heavy (non-hydrogen) atoms. The number of nitrogen functional groups attached to an aromatic ring is 1. The van der Waals surface area contributed by atoms with E-state index < -0.39 is 20.0 Å². The molecular weight excluding hydrogens is 1390 g/mol. The van der Waals surface area contributed by atoms with Gasteiger partial charge in [-0.25, -0.2) is 51.7 Å². The van der Waals surface area contributed by atoms with Crippen LogP contribution < -0.4 is 39.5 Å². The third kappa shape index (κ3) is 17.8. The molecule has 0 saturated heterocycles. The number of fused-ring (bicyclic) bond motifs is 10. The van der Waals surface area contributed by atoms with E-state index in [2.05, 4.69) is 72.5 Å². The van der Waals surface area contributed by atoms with Crippen LogP contribution in [0.25, 0.3) is 116 Å². The van der Waals surface area contributed by atoms with E-state index in [-0.39, 0.29) is 49.1 Å². The fourth-order valence-corrected chi connectivity index (χ4v) is 13.4. The maximum atomic E-state index is 12.3. The molecule has 16 aromatic rings. The molecule has 0 bridgehead atoms. The van der Waals surface area contributed by atoms with Crippen molar-refractivity contribution in [3.63, 3.8) is 0 Å². The maximum Gasteiger partial charge on any atom is 0.239 e. The molecule has 0 aliphatic heterocycles. The van der Waals surface area contributed by atoms with Gasteiger partial charge in [-0.1, -0.05) is 109 Å². The van der Waals surface area contributed by atoms with Crippen molar-refractivity contribution >= 4 is 182 Å². The Morgan fingerprint density at radius 2 is 0.645 bits per heavy atom. The lowest BCUT2D eigenvalue weighted by Gasteiger charge is -2.09. The molecule has 536 valence electrons. The highest BCUT2D eigenvalue weighted by Crippen LogP contribution is 2.29. The van der Waals surface area contributed by atoms with Crippen LogP contribution in [0, 0.1) is 0 Å². The Balaban J connectivity index is 0.000000127. The minimum Gasteiger partial charge on any atom is -0.397 e. The zero-order valence-corrected chi connectivity index (χ0v) is 61.1. The van der Waals surface area contributed by atoms with Gasteiger partial charge in [0.05, 0.1) is 74.0 Å². The SMILES string of the molecule is CC(=O)CCC(=O)Nc1cccc2c1nc1ccccc1[n+]2-c1ccccc1.CC[n+]1c2ccccc2nc2c(NC(=O)CCC(C)=O)cccc21.CC[n+]1c2ccccc2nc2c(NS(C)(=O)=O)cccc21.CS(=O)(=O)Nc1cccc2nc3ccccc3nc12.Nc1cccc2nc3ccccc3nc12. The van der Waals surface area contributed by atoms with Gasteiger partial charge in [0.15, 0.2) is 16.6 Å². The summed E-state index contributed by atoms with van der Waals surface area (Å²) in [6.45, 7) is 8.71. The van der Waals surface area contributed by atoms with E-state index in [0.29, 0.717) is 50.5 Å². The number of para-hydroxylation sites is 16. The van der Waals surface area contributed by atoms with E-state index in [4.69, 9.17) is 15.7 Å². The number of hydrogen-bond acceptors (Lipinski definition) is 16. The van der Waals surface area contributed by atoms with Gasteiger partial charge in [0.25, 0.3) is 0 Å². The predicted molar refractivity (Wildman–Crippen MR) is 424 cm³/mol. The van der Waals surface area contributed by atoms with Gasteiger partial charge in [0, 0.05) is 74.2 Å². The summed E-state index contributed by atoms with van der Waals surface area (Å²) in [5, 5.41) is 5.81. The number of carbonyl (C=O) groups is 4. The first-order valence-corrected chi connectivity index (χ1v) is 38.2. The lowest BCUT2D eigenvalue weighted by molar-refractivity contribution is -0.642. The molecule has 0 radical (unpaired) electrons. The molecule has 0 spiro atoms. The minimum absolute atomic E-state index is 0.000826. The van der Waals surface area contributed by atoms with Crippen LogP contribution in [0.15, 0.2) is 243 Å². The Bertz CT molecular complexity index is 6360. The molecule has 25 heteroatoms. The van der Waals surface area contributed by atoms with Gasteiger partial charge in [0.2, 0.25) is 70.6 Å². The number of nitrogens with two attached hydrogens (primary N) is 1. The highest BCUT2D eigenvalue weighted by Gasteiger charge is 2.24. The van der Waals surface area contributed by atoms with E-state index in [1.54, 1.807) is 18.2 Å². The number of amides is 2. The number of rotatable bonds is 15. The summed E-state index contributed by atoms with van der Waals surface area (Å²) >= 11 is 0. The molecule has 0 aliphatic carbocycles. The Kier molecular flexibility index (Phi) is 22.6. The number of nitrogens with one attached hydrogen (secondary N) is 4. The lowest BCUT2D eigenvalue weighted by Crippen LogP contribution is -2.34. The van der Waals surface area contributed by atoms with E-state index in [9.17, 15) is 36.0 Å². The van der Waals surface area contributed by atoms with Crippen molar-refractivity contribution in [1.29, 1.82) is 0 Å². The van der Waals surface area contributed by atoms with E-state index in [0.717, 1.165) is 120 Å². The van der Waals surface area contributed by atoms with Crippen LogP contribution in [-0.2, 0) is 52.3 Å². The largest absolute Gasteiger partial charge is 0.397 e.